The smallest absolute Gasteiger partial charge is 0.225 e. The number of rotatable bonds is 5. The van der Waals surface area contributed by atoms with Crippen LogP contribution in [-0.4, -0.2) is 20.0 Å². The molecule has 1 fully saturated rings. The molecule has 0 radical (unpaired) electrons. The maximum absolute atomic E-state index is 11.9. The van der Waals surface area contributed by atoms with Crippen LogP contribution in [0.3, 0.4) is 0 Å². The van der Waals surface area contributed by atoms with Crippen molar-refractivity contribution in [3.05, 3.63) is 35.7 Å². The van der Waals surface area contributed by atoms with Crippen molar-refractivity contribution < 1.29 is 9.80 Å². The summed E-state index contributed by atoms with van der Waals surface area (Å²) in [5.41, 5.74) is 2.10. The molecule has 0 aliphatic heterocycles. The van der Waals surface area contributed by atoms with E-state index in [1.54, 1.807) is 14.1 Å². The van der Waals surface area contributed by atoms with Crippen LogP contribution in [-0.2, 0) is 11.2 Å². The first-order chi connectivity index (χ1) is 9.07. The number of amides is 1. The molecule has 1 atom stereocenters. The molecule has 1 amide bonds. The van der Waals surface area contributed by atoms with Gasteiger partial charge in [-0.25, -0.2) is 0 Å². The zero-order valence-corrected chi connectivity index (χ0v) is 11.8. The number of carbonyl (C=O) groups is 1. The maximum atomic E-state index is 11.9. The lowest BCUT2D eigenvalue weighted by molar-refractivity contribution is -0.751. The zero-order valence-electron chi connectivity index (χ0n) is 11.8. The van der Waals surface area contributed by atoms with Gasteiger partial charge in [-0.05, 0) is 43.4 Å². The molecule has 2 rings (SSSR count). The highest BCUT2D eigenvalue weighted by Gasteiger charge is 2.42. The van der Waals surface area contributed by atoms with Gasteiger partial charge in [0, 0.05) is 12.5 Å². The van der Waals surface area contributed by atoms with E-state index in [2.05, 4.69) is 17.4 Å². The van der Waals surface area contributed by atoms with Gasteiger partial charge in [-0.2, -0.15) is 0 Å². The largest absolute Gasteiger partial charge is 0.464 e. The molecule has 1 unspecified atom stereocenters. The van der Waals surface area contributed by atoms with Crippen molar-refractivity contribution in [3.8, 4) is 0 Å². The normalized spacial score (nSPS) is 18.5. The molecule has 1 aliphatic rings. The van der Waals surface area contributed by atoms with Gasteiger partial charge in [0.2, 0.25) is 5.91 Å². The number of carbonyl (C=O) groups excluding carboxylic acids is 1. The minimum Gasteiger partial charge on any atom is -0.464 e. The highest BCUT2D eigenvalue weighted by atomic mass is 16.2. The van der Waals surface area contributed by atoms with Crippen molar-refractivity contribution in [3.63, 3.8) is 0 Å². The fraction of sp³-hybridized carbons (Fsp3) is 0.533. The maximum Gasteiger partial charge on any atom is 0.225 e. The summed E-state index contributed by atoms with van der Waals surface area (Å²) in [5, 5.41) is 3.39. The lowest BCUT2D eigenvalue weighted by Crippen LogP contribution is -2.96. The van der Waals surface area contributed by atoms with E-state index in [-0.39, 0.29) is 11.3 Å². The van der Waals surface area contributed by atoms with E-state index >= 15 is 0 Å². The Morgan fingerprint density at radius 3 is 2.42 bits per heavy atom. The number of benzene rings is 1. The number of hydrogen-bond acceptors (Lipinski definition) is 1. The Hall–Kier alpha value is -1.39. The van der Waals surface area contributed by atoms with E-state index < -0.39 is 0 Å². The average Bonchev–Trinajstić information content (AvgIpc) is 2.37. The van der Waals surface area contributed by atoms with Gasteiger partial charge < -0.3 is 16.2 Å². The van der Waals surface area contributed by atoms with Crippen molar-refractivity contribution in [1.82, 2.24) is 5.32 Å². The van der Waals surface area contributed by atoms with Crippen molar-refractivity contribution >= 4 is 11.6 Å². The van der Waals surface area contributed by atoms with Crippen LogP contribution in [0.15, 0.2) is 24.3 Å². The van der Waals surface area contributed by atoms with Gasteiger partial charge in [-0.1, -0.05) is 18.6 Å². The van der Waals surface area contributed by atoms with E-state index in [4.69, 9.17) is 5.84 Å². The summed E-state index contributed by atoms with van der Waals surface area (Å²) in [4.78, 5) is 11.9. The third-order valence-electron chi connectivity index (χ3n) is 4.30. The van der Waals surface area contributed by atoms with Crippen LogP contribution in [0, 0.1) is 5.41 Å². The van der Waals surface area contributed by atoms with Crippen LogP contribution >= 0.6 is 0 Å². The Morgan fingerprint density at radius 2 is 2.00 bits per heavy atom. The third-order valence-corrected chi connectivity index (χ3v) is 4.30. The Labute approximate surface area is 114 Å². The van der Waals surface area contributed by atoms with Gasteiger partial charge in [-0.3, -0.25) is 4.79 Å². The van der Waals surface area contributed by atoms with E-state index in [9.17, 15) is 4.79 Å². The first kappa shape index (κ1) is 14.0. The van der Waals surface area contributed by atoms with Crippen LogP contribution < -0.4 is 10.3 Å². The predicted molar refractivity (Wildman–Crippen MR) is 76.0 cm³/mol. The second-order valence-corrected chi connectivity index (χ2v) is 5.53. The minimum atomic E-state index is -0.120. The number of aryl methyl sites for hydroxylation is 1. The van der Waals surface area contributed by atoms with Gasteiger partial charge in [0.15, 0.2) is 0 Å². The van der Waals surface area contributed by atoms with Gasteiger partial charge in [0.25, 0.3) is 0 Å². The van der Waals surface area contributed by atoms with Gasteiger partial charge in [0.1, 0.15) is 5.69 Å². The molecule has 1 aromatic rings. The summed E-state index contributed by atoms with van der Waals surface area (Å²) >= 11 is 0. The molecule has 4 heteroatoms. The SMILES string of the molecule is CNC(=O)C1(CCc2ccc([NH+](C)[NH-])cc2)CCC1. The van der Waals surface area contributed by atoms with Crippen LogP contribution in [0.1, 0.15) is 31.2 Å². The quantitative estimate of drug-likeness (QED) is 0.778. The van der Waals surface area contributed by atoms with E-state index in [1.165, 1.54) is 12.0 Å². The summed E-state index contributed by atoms with van der Waals surface area (Å²) in [6, 6.07) is 8.13. The van der Waals surface area contributed by atoms with Crippen molar-refractivity contribution in [1.29, 1.82) is 0 Å². The molecular formula is C15H23N3O. The van der Waals surface area contributed by atoms with Crippen LogP contribution in [0.5, 0.6) is 0 Å². The molecule has 0 bridgehead atoms. The molecule has 0 spiro atoms. The van der Waals surface area contributed by atoms with Crippen LogP contribution in [0.2, 0.25) is 0 Å². The molecule has 1 saturated carbocycles. The molecular weight excluding hydrogens is 238 g/mol. The van der Waals surface area contributed by atoms with Crippen LogP contribution in [0.25, 0.3) is 5.84 Å². The molecule has 1 aromatic carbocycles. The summed E-state index contributed by atoms with van der Waals surface area (Å²) in [6.07, 6.45) is 5.06. The van der Waals surface area contributed by atoms with Crippen LogP contribution in [0.4, 0.5) is 5.69 Å². The van der Waals surface area contributed by atoms with Crippen molar-refractivity contribution in [2.75, 3.05) is 14.1 Å². The van der Waals surface area contributed by atoms with Crippen molar-refractivity contribution in [2.24, 2.45) is 5.41 Å². The Morgan fingerprint density at radius 1 is 1.37 bits per heavy atom. The third kappa shape index (κ3) is 2.96. The number of hydrogen-bond donors (Lipinski definition) is 2. The zero-order chi connectivity index (χ0) is 13.9. The molecule has 0 saturated heterocycles. The second-order valence-electron chi connectivity index (χ2n) is 5.53. The second kappa shape index (κ2) is 5.72. The molecule has 1 aliphatic carbocycles. The highest BCUT2D eigenvalue weighted by molar-refractivity contribution is 5.83. The van der Waals surface area contributed by atoms with E-state index in [0.717, 1.165) is 31.4 Å². The molecule has 0 aromatic heterocycles. The first-order valence-electron chi connectivity index (χ1n) is 6.94. The highest BCUT2D eigenvalue weighted by Crippen LogP contribution is 2.44. The van der Waals surface area contributed by atoms with E-state index in [0.29, 0.717) is 5.01 Å². The lowest BCUT2D eigenvalue weighted by Gasteiger charge is -2.40. The fourth-order valence-electron chi connectivity index (χ4n) is 2.76. The molecule has 0 heterocycles. The monoisotopic (exact) mass is 261 g/mol. The minimum absolute atomic E-state index is 0.120. The Kier molecular flexibility index (Phi) is 4.22. The molecule has 3 N–H and O–H groups in total. The summed E-state index contributed by atoms with van der Waals surface area (Å²) in [7, 11) is 3.52. The molecule has 104 valence electrons. The standard InChI is InChI=1S/C15H23N3O/c1-17-14(19)15(9-3-10-15)11-8-12-4-6-13(7-5-12)18(2)16/h4-7,16,18H,3,8-11H2,1-2H3,(H,17,19). The molecule has 19 heavy (non-hydrogen) atoms. The lowest BCUT2D eigenvalue weighted by atomic mass is 9.65. The van der Waals surface area contributed by atoms with Gasteiger partial charge in [0.05, 0.1) is 7.05 Å². The number of quaternary nitrogens is 1. The number of nitrogens with one attached hydrogen (secondary N) is 3. The van der Waals surface area contributed by atoms with E-state index in [1.807, 2.05) is 12.1 Å². The molecule has 4 nitrogen and oxygen atoms in total. The summed E-state index contributed by atoms with van der Waals surface area (Å²) in [6.45, 7) is 0. The Balaban J connectivity index is 1.96. The predicted octanol–water partition coefficient (Wildman–Crippen LogP) is 1.65. The Bertz CT molecular complexity index is 435. The van der Waals surface area contributed by atoms with Crippen molar-refractivity contribution in [2.45, 2.75) is 32.1 Å². The topological polar surface area (TPSA) is 57.3 Å². The summed E-state index contributed by atoms with van der Waals surface area (Å²) < 4.78 is 0. The first-order valence-corrected chi connectivity index (χ1v) is 6.94. The average molecular weight is 261 g/mol. The van der Waals surface area contributed by atoms with Gasteiger partial charge in [-0.15, -0.1) is 0 Å². The summed E-state index contributed by atoms with van der Waals surface area (Å²) in [5.74, 6) is 7.77. The fourth-order valence-corrected chi connectivity index (χ4v) is 2.76. The van der Waals surface area contributed by atoms with Gasteiger partial charge >= 0.3 is 0 Å².